The third-order valence-electron chi connectivity index (χ3n) is 3.46. The van der Waals surface area contributed by atoms with Gasteiger partial charge in [0.1, 0.15) is 5.82 Å². The average Bonchev–Trinajstić information content (AvgIpc) is 2.30. The number of halogens is 2. The lowest BCUT2D eigenvalue weighted by atomic mass is 9.86. The van der Waals surface area contributed by atoms with Crippen molar-refractivity contribution in [2.24, 2.45) is 16.6 Å². The highest BCUT2D eigenvalue weighted by Crippen LogP contribution is 2.26. The van der Waals surface area contributed by atoms with E-state index in [1.165, 1.54) is 31.4 Å². The minimum absolute atomic E-state index is 0.316. The molecule has 1 aliphatic carbocycles. The predicted molar refractivity (Wildman–Crippen MR) is 76.9 cm³/mol. The largest absolute Gasteiger partial charge is 0.370 e. The van der Waals surface area contributed by atoms with Crippen LogP contribution in [0.15, 0.2) is 23.2 Å². The molecule has 1 aromatic rings. The van der Waals surface area contributed by atoms with Crippen LogP contribution in [0.25, 0.3) is 0 Å². The molecule has 0 bridgehead atoms. The number of rotatable bonds is 5. The number of benzene rings is 1. The van der Waals surface area contributed by atoms with Crippen LogP contribution in [0.4, 0.5) is 4.39 Å². The Balaban J connectivity index is 1.72. The summed E-state index contributed by atoms with van der Waals surface area (Å²) in [5.74, 6) is 0.875. The number of aliphatic imine (C=N–C) groups is 1. The van der Waals surface area contributed by atoms with Crippen molar-refractivity contribution in [1.29, 1.82) is 0 Å². The summed E-state index contributed by atoms with van der Waals surface area (Å²) in [7, 11) is 0. The van der Waals surface area contributed by atoms with Gasteiger partial charge in [0.15, 0.2) is 5.96 Å². The zero-order chi connectivity index (χ0) is 13.7. The molecule has 1 aliphatic rings. The monoisotopic (exact) mass is 283 g/mol. The van der Waals surface area contributed by atoms with Crippen LogP contribution in [-0.2, 0) is 6.42 Å². The van der Waals surface area contributed by atoms with E-state index >= 15 is 0 Å². The molecule has 0 heterocycles. The molecule has 0 unspecified atom stereocenters. The molecule has 0 radical (unpaired) electrons. The van der Waals surface area contributed by atoms with E-state index in [1.54, 1.807) is 6.07 Å². The second-order valence-corrected chi connectivity index (χ2v) is 5.34. The summed E-state index contributed by atoms with van der Waals surface area (Å²) < 4.78 is 12.9. The summed E-state index contributed by atoms with van der Waals surface area (Å²) in [4.78, 5) is 4.30. The van der Waals surface area contributed by atoms with E-state index in [0.717, 1.165) is 12.1 Å². The Bertz CT molecular complexity index is 458. The van der Waals surface area contributed by atoms with Crippen molar-refractivity contribution in [3.8, 4) is 0 Å². The van der Waals surface area contributed by atoms with Crippen molar-refractivity contribution in [3.63, 3.8) is 0 Å². The minimum Gasteiger partial charge on any atom is -0.370 e. The van der Waals surface area contributed by atoms with Crippen molar-refractivity contribution in [2.75, 3.05) is 13.1 Å². The lowest BCUT2D eigenvalue weighted by Gasteiger charge is -2.23. The van der Waals surface area contributed by atoms with Gasteiger partial charge < -0.3 is 11.1 Å². The van der Waals surface area contributed by atoms with Gasteiger partial charge in [-0.1, -0.05) is 24.1 Å². The van der Waals surface area contributed by atoms with Crippen LogP contribution in [-0.4, -0.2) is 19.0 Å². The van der Waals surface area contributed by atoms with Crippen LogP contribution in [0.5, 0.6) is 0 Å². The first-order chi connectivity index (χ1) is 9.15. The van der Waals surface area contributed by atoms with E-state index in [2.05, 4.69) is 10.3 Å². The topological polar surface area (TPSA) is 50.4 Å². The maximum Gasteiger partial charge on any atom is 0.188 e. The van der Waals surface area contributed by atoms with Crippen molar-refractivity contribution in [2.45, 2.75) is 25.7 Å². The van der Waals surface area contributed by atoms with Crippen molar-refractivity contribution >= 4 is 17.6 Å². The van der Waals surface area contributed by atoms with Gasteiger partial charge in [0.05, 0.1) is 0 Å². The molecule has 1 aromatic carbocycles. The number of hydrogen-bond acceptors (Lipinski definition) is 1. The van der Waals surface area contributed by atoms with Crippen LogP contribution in [0.2, 0.25) is 5.02 Å². The van der Waals surface area contributed by atoms with Gasteiger partial charge in [-0.15, -0.1) is 0 Å². The fourth-order valence-corrected chi connectivity index (χ4v) is 2.27. The van der Waals surface area contributed by atoms with Crippen LogP contribution in [0, 0.1) is 11.7 Å². The highest BCUT2D eigenvalue weighted by atomic mass is 35.5. The molecular formula is C14H19ClFN3. The molecular weight excluding hydrogens is 265 g/mol. The molecule has 104 valence electrons. The van der Waals surface area contributed by atoms with Gasteiger partial charge in [0, 0.05) is 18.1 Å². The molecule has 0 aromatic heterocycles. The summed E-state index contributed by atoms with van der Waals surface area (Å²) in [6.07, 6.45) is 4.54. The zero-order valence-electron chi connectivity index (χ0n) is 10.8. The summed E-state index contributed by atoms with van der Waals surface area (Å²) in [5, 5.41) is 3.50. The van der Waals surface area contributed by atoms with Gasteiger partial charge in [0.25, 0.3) is 0 Å². The molecule has 0 amide bonds. The molecule has 1 saturated carbocycles. The molecule has 5 heteroatoms. The maximum absolute atomic E-state index is 12.9. The highest BCUT2D eigenvalue weighted by molar-refractivity contribution is 6.31. The molecule has 0 atom stereocenters. The fourth-order valence-electron chi connectivity index (χ4n) is 2.01. The van der Waals surface area contributed by atoms with E-state index < -0.39 is 0 Å². The Hall–Kier alpha value is -1.29. The third-order valence-corrected chi connectivity index (χ3v) is 3.81. The van der Waals surface area contributed by atoms with Gasteiger partial charge in [0.2, 0.25) is 0 Å². The molecule has 3 nitrogen and oxygen atoms in total. The number of nitrogens with two attached hydrogens (primary N) is 1. The van der Waals surface area contributed by atoms with Crippen molar-refractivity contribution in [3.05, 3.63) is 34.6 Å². The first-order valence-corrected chi connectivity index (χ1v) is 7.00. The number of nitrogens with zero attached hydrogens (tertiary/aromatic N) is 1. The van der Waals surface area contributed by atoms with E-state index in [0.29, 0.717) is 29.9 Å². The number of guanidine groups is 1. The summed E-state index contributed by atoms with van der Waals surface area (Å²) in [5.41, 5.74) is 6.68. The second-order valence-electron chi connectivity index (χ2n) is 4.94. The molecule has 0 saturated heterocycles. The van der Waals surface area contributed by atoms with Crippen LogP contribution in [0.3, 0.4) is 0 Å². The van der Waals surface area contributed by atoms with E-state index in [4.69, 9.17) is 17.3 Å². The number of nitrogens with one attached hydrogen (secondary N) is 1. The molecule has 2 rings (SSSR count). The summed E-state index contributed by atoms with van der Waals surface area (Å²) >= 11 is 5.94. The Morgan fingerprint density at radius 2 is 2.26 bits per heavy atom. The van der Waals surface area contributed by atoms with Crippen LogP contribution in [0.1, 0.15) is 24.8 Å². The number of hydrogen-bond donors (Lipinski definition) is 2. The van der Waals surface area contributed by atoms with Gasteiger partial charge in [-0.25, -0.2) is 4.39 Å². The highest BCUT2D eigenvalue weighted by Gasteiger charge is 2.16. The minimum atomic E-state index is -0.316. The fraction of sp³-hybridized carbons (Fsp3) is 0.500. The second kappa shape index (κ2) is 6.75. The summed E-state index contributed by atoms with van der Waals surface area (Å²) in [6.45, 7) is 1.46. The maximum atomic E-state index is 12.9. The molecule has 3 N–H and O–H groups in total. The standard InChI is InChI=1S/C14H19ClFN3/c15-13-8-12(16)5-4-11(13)6-7-18-14(17)19-9-10-2-1-3-10/h4-5,8,10H,1-3,6-7,9H2,(H3,17,18,19). The first-order valence-electron chi connectivity index (χ1n) is 6.63. The first kappa shape index (κ1) is 14.1. The molecule has 19 heavy (non-hydrogen) atoms. The SMILES string of the molecule is NC(=NCC1CCC1)NCCc1ccc(F)cc1Cl. The average molecular weight is 284 g/mol. The molecule has 0 spiro atoms. The lowest BCUT2D eigenvalue weighted by Crippen LogP contribution is -2.34. The van der Waals surface area contributed by atoms with Gasteiger partial charge in [-0.2, -0.15) is 0 Å². The quantitative estimate of drug-likeness (QED) is 0.645. The van der Waals surface area contributed by atoms with Gasteiger partial charge in [-0.05, 0) is 42.9 Å². The Morgan fingerprint density at radius 1 is 1.47 bits per heavy atom. The predicted octanol–water partition coefficient (Wildman–Crippen LogP) is 2.73. The van der Waals surface area contributed by atoms with E-state index in [9.17, 15) is 4.39 Å². The smallest absolute Gasteiger partial charge is 0.188 e. The Labute approximate surface area is 118 Å². The Kier molecular flexibility index (Phi) is 5.02. The van der Waals surface area contributed by atoms with Crippen molar-refractivity contribution < 1.29 is 4.39 Å². The van der Waals surface area contributed by atoms with Gasteiger partial charge >= 0.3 is 0 Å². The van der Waals surface area contributed by atoms with E-state index in [-0.39, 0.29) is 5.82 Å². The van der Waals surface area contributed by atoms with Crippen molar-refractivity contribution in [1.82, 2.24) is 5.32 Å². The van der Waals surface area contributed by atoms with Crippen LogP contribution >= 0.6 is 11.6 Å². The Morgan fingerprint density at radius 3 is 2.89 bits per heavy atom. The van der Waals surface area contributed by atoms with Crippen LogP contribution < -0.4 is 11.1 Å². The zero-order valence-corrected chi connectivity index (χ0v) is 11.6. The molecule has 0 aliphatic heterocycles. The van der Waals surface area contributed by atoms with Gasteiger partial charge in [-0.3, -0.25) is 4.99 Å². The lowest BCUT2D eigenvalue weighted by molar-refractivity contribution is 0.326. The normalized spacial score (nSPS) is 16.2. The third kappa shape index (κ3) is 4.39. The van der Waals surface area contributed by atoms with E-state index in [1.807, 2.05) is 0 Å². The summed E-state index contributed by atoms with van der Waals surface area (Å²) in [6, 6.07) is 4.43. The molecule has 1 fully saturated rings.